The summed E-state index contributed by atoms with van der Waals surface area (Å²) in [6.07, 6.45) is 2.85. The Kier molecular flexibility index (Phi) is 2.58. The van der Waals surface area contributed by atoms with E-state index in [9.17, 15) is 9.18 Å². The van der Waals surface area contributed by atoms with E-state index in [-0.39, 0.29) is 17.4 Å². The number of benzene rings is 1. The summed E-state index contributed by atoms with van der Waals surface area (Å²) < 4.78 is 18.2. The summed E-state index contributed by atoms with van der Waals surface area (Å²) in [7, 11) is 0. The number of hydrogen-bond acceptors (Lipinski definition) is 3. The van der Waals surface area contributed by atoms with E-state index in [2.05, 4.69) is 0 Å². The fraction of sp³-hybridized carbons (Fsp3) is 0.364. The molecule has 0 aliphatic heterocycles. The van der Waals surface area contributed by atoms with Crippen molar-refractivity contribution in [1.29, 1.82) is 0 Å². The number of carbonyl (C=O) groups excluding carboxylic acids is 1. The Morgan fingerprint density at radius 3 is 2.80 bits per heavy atom. The molecule has 0 atom stereocenters. The number of hydrogen-bond donors (Lipinski definition) is 1. The number of carbonyl (C=O) groups is 1. The van der Waals surface area contributed by atoms with Gasteiger partial charge in [-0.3, -0.25) is 0 Å². The molecule has 4 heteroatoms. The van der Waals surface area contributed by atoms with Crippen LogP contribution >= 0.6 is 0 Å². The molecular weight excluding hydrogens is 197 g/mol. The fourth-order valence-electron chi connectivity index (χ4n) is 1.42. The lowest BCUT2D eigenvalue weighted by atomic mass is 9.96. The van der Waals surface area contributed by atoms with Gasteiger partial charge in [-0.25, -0.2) is 9.18 Å². The average Bonchev–Trinajstić information content (AvgIpc) is 2.15. The first kappa shape index (κ1) is 9.96. The van der Waals surface area contributed by atoms with Gasteiger partial charge >= 0.3 is 5.97 Å². The third-order valence-electron chi connectivity index (χ3n) is 2.60. The molecule has 0 radical (unpaired) electrons. The SMILES string of the molecule is Nc1c(F)cccc1C(=O)OC1CCC1. The van der Waals surface area contributed by atoms with E-state index in [4.69, 9.17) is 10.5 Å². The van der Waals surface area contributed by atoms with Crippen LogP contribution in [0.2, 0.25) is 0 Å². The second-order valence-corrected chi connectivity index (χ2v) is 3.66. The Labute approximate surface area is 87.0 Å². The van der Waals surface area contributed by atoms with Crippen molar-refractivity contribution in [2.24, 2.45) is 0 Å². The van der Waals surface area contributed by atoms with Crippen LogP contribution in [0.3, 0.4) is 0 Å². The topological polar surface area (TPSA) is 52.3 Å². The third kappa shape index (κ3) is 1.93. The van der Waals surface area contributed by atoms with Gasteiger partial charge in [-0.1, -0.05) is 6.07 Å². The molecule has 1 aromatic carbocycles. The lowest BCUT2D eigenvalue weighted by molar-refractivity contribution is 0.00909. The van der Waals surface area contributed by atoms with Crippen LogP contribution in [0.4, 0.5) is 10.1 Å². The zero-order valence-electron chi connectivity index (χ0n) is 8.20. The van der Waals surface area contributed by atoms with Crippen molar-refractivity contribution in [3.63, 3.8) is 0 Å². The highest BCUT2D eigenvalue weighted by molar-refractivity contribution is 5.95. The summed E-state index contributed by atoms with van der Waals surface area (Å²) in [5.74, 6) is -1.12. The minimum atomic E-state index is -0.585. The van der Waals surface area contributed by atoms with Gasteiger partial charge in [0, 0.05) is 0 Å². The van der Waals surface area contributed by atoms with Crippen molar-refractivity contribution in [2.75, 3.05) is 5.73 Å². The first-order valence-electron chi connectivity index (χ1n) is 4.93. The zero-order valence-corrected chi connectivity index (χ0v) is 8.20. The van der Waals surface area contributed by atoms with Crippen molar-refractivity contribution in [3.05, 3.63) is 29.6 Å². The average molecular weight is 209 g/mol. The van der Waals surface area contributed by atoms with Crippen LogP contribution in [-0.4, -0.2) is 12.1 Å². The van der Waals surface area contributed by atoms with E-state index in [1.54, 1.807) is 0 Å². The van der Waals surface area contributed by atoms with Gasteiger partial charge in [-0.05, 0) is 31.4 Å². The molecule has 3 nitrogen and oxygen atoms in total. The first-order chi connectivity index (χ1) is 7.18. The molecule has 1 saturated carbocycles. The minimum absolute atomic E-state index is 0.0137. The first-order valence-corrected chi connectivity index (χ1v) is 4.93. The van der Waals surface area contributed by atoms with Crippen molar-refractivity contribution in [1.82, 2.24) is 0 Å². The van der Waals surface area contributed by atoms with Crippen LogP contribution in [0.1, 0.15) is 29.6 Å². The predicted molar refractivity (Wildman–Crippen MR) is 53.9 cm³/mol. The van der Waals surface area contributed by atoms with Crippen molar-refractivity contribution >= 4 is 11.7 Å². The minimum Gasteiger partial charge on any atom is -0.459 e. The number of esters is 1. The highest BCUT2D eigenvalue weighted by Gasteiger charge is 2.23. The van der Waals surface area contributed by atoms with E-state index in [1.807, 2.05) is 0 Å². The Morgan fingerprint density at radius 1 is 1.47 bits per heavy atom. The molecule has 0 spiro atoms. The molecule has 2 rings (SSSR count). The Morgan fingerprint density at radius 2 is 2.20 bits per heavy atom. The molecule has 0 amide bonds. The predicted octanol–water partition coefficient (Wildman–Crippen LogP) is 2.12. The summed E-state index contributed by atoms with van der Waals surface area (Å²) in [6.45, 7) is 0. The normalized spacial score (nSPS) is 15.8. The number of nitrogen functional groups attached to an aromatic ring is 1. The number of halogens is 1. The van der Waals surface area contributed by atoms with E-state index in [1.165, 1.54) is 18.2 Å². The molecule has 1 aliphatic rings. The van der Waals surface area contributed by atoms with Crippen LogP contribution < -0.4 is 5.73 Å². The van der Waals surface area contributed by atoms with Crippen LogP contribution in [0, 0.1) is 5.82 Å². The van der Waals surface area contributed by atoms with Crippen LogP contribution in [-0.2, 0) is 4.74 Å². The van der Waals surface area contributed by atoms with Crippen molar-refractivity contribution in [2.45, 2.75) is 25.4 Å². The fourth-order valence-corrected chi connectivity index (χ4v) is 1.42. The molecule has 1 aromatic rings. The van der Waals surface area contributed by atoms with Gasteiger partial charge in [0.1, 0.15) is 11.9 Å². The molecule has 1 aliphatic carbocycles. The number of anilines is 1. The maximum Gasteiger partial charge on any atom is 0.340 e. The van der Waals surface area contributed by atoms with E-state index >= 15 is 0 Å². The van der Waals surface area contributed by atoms with Crippen LogP contribution in [0.5, 0.6) is 0 Å². The lowest BCUT2D eigenvalue weighted by Gasteiger charge is -2.25. The quantitative estimate of drug-likeness (QED) is 0.599. The molecule has 0 saturated heterocycles. The second-order valence-electron chi connectivity index (χ2n) is 3.66. The molecule has 2 N–H and O–H groups in total. The second kappa shape index (κ2) is 3.88. The zero-order chi connectivity index (χ0) is 10.8. The van der Waals surface area contributed by atoms with E-state index < -0.39 is 11.8 Å². The Balaban J connectivity index is 2.13. The molecule has 0 aromatic heterocycles. The molecule has 0 unspecified atom stereocenters. The summed E-state index contributed by atoms with van der Waals surface area (Å²) in [4.78, 5) is 11.6. The summed E-state index contributed by atoms with van der Waals surface area (Å²) in [5.41, 5.74) is 5.42. The number of para-hydroxylation sites is 1. The highest BCUT2D eigenvalue weighted by atomic mass is 19.1. The standard InChI is InChI=1S/C11H12FNO2/c12-9-6-2-5-8(10(9)13)11(14)15-7-3-1-4-7/h2,5-7H,1,3-4,13H2. The molecule has 1 fully saturated rings. The number of ether oxygens (including phenoxy) is 1. The highest BCUT2D eigenvalue weighted by Crippen LogP contribution is 2.24. The molecule has 0 heterocycles. The summed E-state index contributed by atoms with van der Waals surface area (Å²) in [5, 5.41) is 0. The smallest absolute Gasteiger partial charge is 0.340 e. The van der Waals surface area contributed by atoms with Gasteiger partial charge in [0.05, 0.1) is 11.3 Å². The van der Waals surface area contributed by atoms with Crippen molar-refractivity contribution < 1.29 is 13.9 Å². The largest absolute Gasteiger partial charge is 0.459 e. The van der Waals surface area contributed by atoms with Gasteiger partial charge in [0.2, 0.25) is 0 Å². The molecule has 15 heavy (non-hydrogen) atoms. The monoisotopic (exact) mass is 209 g/mol. The van der Waals surface area contributed by atoms with Crippen molar-refractivity contribution in [3.8, 4) is 0 Å². The maximum atomic E-state index is 13.0. The van der Waals surface area contributed by atoms with E-state index in [0.717, 1.165) is 19.3 Å². The van der Waals surface area contributed by atoms with Gasteiger partial charge < -0.3 is 10.5 Å². The Hall–Kier alpha value is -1.58. The maximum absolute atomic E-state index is 13.0. The molecular formula is C11H12FNO2. The lowest BCUT2D eigenvalue weighted by Crippen LogP contribution is -2.25. The molecule has 80 valence electrons. The van der Waals surface area contributed by atoms with Gasteiger partial charge in [0.15, 0.2) is 0 Å². The van der Waals surface area contributed by atoms with Gasteiger partial charge in [-0.15, -0.1) is 0 Å². The number of rotatable bonds is 2. The molecule has 0 bridgehead atoms. The van der Waals surface area contributed by atoms with Gasteiger partial charge in [-0.2, -0.15) is 0 Å². The van der Waals surface area contributed by atoms with Gasteiger partial charge in [0.25, 0.3) is 0 Å². The third-order valence-corrected chi connectivity index (χ3v) is 2.60. The summed E-state index contributed by atoms with van der Waals surface area (Å²) in [6, 6.07) is 4.14. The number of nitrogens with two attached hydrogens (primary N) is 1. The van der Waals surface area contributed by atoms with Crippen LogP contribution in [0.25, 0.3) is 0 Å². The summed E-state index contributed by atoms with van der Waals surface area (Å²) >= 11 is 0. The van der Waals surface area contributed by atoms with Crippen LogP contribution in [0.15, 0.2) is 18.2 Å². The Bertz CT molecular complexity index is 388. The van der Waals surface area contributed by atoms with E-state index in [0.29, 0.717) is 0 Å².